The van der Waals surface area contributed by atoms with Crippen LogP contribution in [-0.2, 0) is 0 Å². The van der Waals surface area contributed by atoms with Gasteiger partial charge in [-0.15, -0.1) is 11.3 Å². The Morgan fingerprint density at radius 1 is 1.24 bits per heavy atom. The van der Waals surface area contributed by atoms with E-state index in [9.17, 15) is 0 Å². The van der Waals surface area contributed by atoms with Gasteiger partial charge in [-0.05, 0) is 62.6 Å². The van der Waals surface area contributed by atoms with Crippen LogP contribution in [0.3, 0.4) is 0 Å². The maximum atomic E-state index is 6.12. The predicted octanol–water partition coefficient (Wildman–Crippen LogP) is 6.02. The molecule has 0 bridgehead atoms. The summed E-state index contributed by atoms with van der Waals surface area (Å²) >= 11 is 11.4. The minimum absolute atomic E-state index is 0.180. The average Bonchev–Trinajstić information content (AvgIpc) is 2.92. The molecule has 1 heterocycles. The Morgan fingerprint density at radius 3 is 2.81 bits per heavy atom. The molecule has 0 saturated heterocycles. The van der Waals surface area contributed by atoms with E-state index < -0.39 is 0 Å². The summed E-state index contributed by atoms with van der Waals surface area (Å²) in [5.41, 5.74) is 2.54. The molecule has 0 fully saturated rings. The van der Waals surface area contributed by atoms with Crippen molar-refractivity contribution >= 4 is 49.0 Å². The fourth-order valence-corrected chi connectivity index (χ4v) is 4.03. The first-order chi connectivity index (χ1) is 10.2. The lowest BCUT2D eigenvalue weighted by molar-refractivity contribution is 0.635. The molecular formula is C17H15BrClNS. The van der Waals surface area contributed by atoms with Crippen molar-refractivity contribution in [1.82, 2.24) is 5.32 Å². The maximum absolute atomic E-state index is 6.12. The summed E-state index contributed by atoms with van der Waals surface area (Å²) in [5.74, 6) is 0. The Kier molecular flexibility index (Phi) is 4.65. The van der Waals surface area contributed by atoms with Gasteiger partial charge in [0.15, 0.2) is 0 Å². The van der Waals surface area contributed by atoms with Crippen molar-refractivity contribution < 1.29 is 0 Å². The summed E-state index contributed by atoms with van der Waals surface area (Å²) in [5, 5.41) is 7.89. The van der Waals surface area contributed by atoms with Crippen LogP contribution >= 0.6 is 38.9 Å². The molecule has 1 nitrogen and oxygen atoms in total. The van der Waals surface area contributed by atoms with Crippen LogP contribution in [0, 0.1) is 0 Å². The Labute approximate surface area is 142 Å². The lowest BCUT2D eigenvalue weighted by atomic mass is 9.98. The van der Waals surface area contributed by atoms with Crippen molar-refractivity contribution in [2.75, 3.05) is 6.54 Å². The SMILES string of the molecule is CCNC(c1ccc(Cl)c(Br)c1)c1csc2ccccc12. The van der Waals surface area contributed by atoms with Gasteiger partial charge in [-0.1, -0.05) is 42.8 Å². The highest BCUT2D eigenvalue weighted by Crippen LogP contribution is 2.35. The Bertz CT molecular complexity index is 768. The fraction of sp³-hybridized carbons (Fsp3) is 0.176. The first kappa shape index (κ1) is 15.0. The number of hydrogen-bond acceptors (Lipinski definition) is 2. The van der Waals surface area contributed by atoms with E-state index in [1.807, 2.05) is 6.07 Å². The van der Waals surface area contributed by atoms with Crippen LogP contribution < -0.4 is 5.32 Å². The first-order valence-corrected chi connectivity index (χ1v) is 8.90. The van der Waals surface area contributed by atoms with Gasteiger partial charge in [0.05, 0.1) is 11.1 Å². The summed E-state index contributed by atoms with van der Waals surface area (Å²) < 4.78 is 2.26. The highest BCUT2D eigenvalue weighted by atomic mass is 79.9. The fourth-order valence-electron chi connectivity index (χ4n) is 2.53. The van der Waals surface area contributed by atoms with Gasteiger partial charge >= 0.3 is 0 Å². The van der Waals surface area contributed by atoms with Crippen molar-refractivity contribution in [2.45, 2.75) is 13.0 Å². The second-order valence-corrected chi connectivity index (χ2v) is 7.02. The van der Waals surface area contributed by atoms with E-state index in [0.717, 1.165) is 16.0 Å². The zero-order chi connectivity index (χ0) is 14.8. The number of rotatable bonds is 4. The van der Waals surface area contributed by atoms with E-state index in [-0.39, 0.29) is 6.04 Å². The number of fused-ring (bicyclic) bond motifs is 1. The lowest BCUT2D eigenvalue weighted by Crippen LogP contribution is -2.21. The summed E-state index contributed by atoms with van der Waals surface area (Å²) in [6.07, 6.45) is 0. The molecular weight excluding hydrogens is 366 g/mol. The molecule has 1 unspecified atom stereocenters. The zero-order valence-electron chi connectivity index (χ0n) is 11.6. The molecule has 108 valence electrons. The molecule has 0 amide bonds. The Balaban J connectivity index is 2.11. The molecule has 3 rings (SSSR count). The van der Waals surface area contributed by atoms with E-state index in [1.54, 1.807) is 11.3 Å². The molecule has 0 spiro atoms. The van der Waals surface area contributed by atoms with Crippen LogP contribution in [0.2, 0.25) is 5.02 Å². The van der Waals surface area contributed by atoms with Gasteiger partial charge in [-0.2, -0.15) is 0 Å². The van der Waals surface area contributed by atoms with Crippen molar-refractivity contribution in [1.29, 1.82) is 0 Å². The molecule has 0 aliphatic carbocycles. The van der Waals surface area contributed by atoms with Crippen molar-refractivity contribution in [3.63, 3.8) is 0 Å². The first-order valence-electron chi connectivity index (χ1n) is 6.85. The Hall–Kier alpha value is -0.870. The minimum atomic E-state index is 0.180. The largest absolute Gasteiger partial charge is 0.306 e. The molecule has 1 aromatic heterocycles. The van der Waals surface area contributed by atoms with Crippen molar-refractivity contribution in [2.24, 2.45) is 0 Å². The monoisotopic (exact) mass is 379 g/mol. The van der Waals surface area contributed by atoms with E-state index in [0.29, 0.717) is 0 Å². The summed E-state index contributed by atoms with van der Waals surface area (Å²) in [7, 11) is 0. The smallest absolute Gasteiger partial charge is 0.0591 e. The number of thiophene rings is 1. The van der Waals surface area contributed by atoms with E-state index in [1.165, 1.54) is 21.2 Å². The number of hydrogen-bond donors (Lipinski definition) is 1. The molecule has 1 atom stereocenters. The van der Waals surface area contributed by atoms with Gasteiger partial charge in [0.25, 0.3) is 0 Å². The molecule has 1 N–H and O–H groups in total. The number of benzene rings is 2. The topological polar surface area (TPSA) is 12.0 Å². The van der Waals surface area contributed by atoms with Gasteiger partial charge < -0.3 is 5.32 Å². The van der Waals surface area contributed by atoms with Crippen molar-refractivity contribution in [3.05, 3.63) is 68.5 Å². The summed E-state index contributed by atoms with van der Waals surface area (Å²) in [4.78, 5) is 0. The molecule has 0 saturated carbocycles. The van der Waals surface area contributed by atoms with Crippen LogP contribution in [0.25, 0.3) is 10.1 Å². The second kappa shape index (κ2) is 6.49. The molecule has 0 radical (unpaired) electrons. The van der Waals surface area contributed by atoms with E-state index in [4.69, 9.17) is 11.6 Å². The number of halogens is 2. The molecule has 2 aromatic carbocycles. The average molecular weight is 381 g/mol. The number of nitrogens with one attached hydrogen (secondary N) is 1. The minimum Gasteiger partial charge on any atom is -0.306 e. The molecule has 21 heavy (non-hydrogen) atoms. The zero-order valence-corrected chi connectivity index (χ0v) is 14.7. The molecule has 0 aliphatic rings. The van der Waals surface area contributed by atoms with E-state index >= 15 is 0 Å². The van der Waals surface area contributed by atoms with E-state index in [2.05, 4.69) is 69.9 Å². The molecule has 4 heteroatoms. The lowest BCUT2D eigenvalue weighted by Gasteiger charge is -2.19. The van der Waals surface area contributed by atoms with Gasteiger partial charge in [0.2, 0.25) is 0 Å². The quantitative estimate of drug-likeness (QED) is 0.584. The van der Waals surface area contributed by atoms with Crippen LogP contribution in [0.4, 0.5) is 0 Å². The third kappa shape index (κ3) is 3.02. The highest BCUT2D eigenvalue weighted by Gasteiger charge is 2.17. The summed E-state index contributed by atoms with van der Waals surface area (Å²) in [6, 6.07) is 14.9. The van der Waals surface area contributed by atoms with Gasteiger partial charge in [0, 0.05) is 9.17 Å². The van der Waals surface area contributed by atoms with Crippen LogP contribution in [-0.4, -0.2) is 6.54 Å². The van der Waals surface area contributed by atoms with Crippen LogP contribution in [0.5, 0.6) is 0 Å². The molecule has 3 aromatic rings. The highest BCUT2D eigenvalue weighted by molar-refractivity contribution is 9.10. The molecule has 0 aliphatic heterocycles. The third-order valence-corrected chi connectivity index (χ3v) is 5.70. The second-order valence-electron chi connectivity index (χ2n) is 4.85. The van der Waals surface area contributed by atoms with Gasteiger partial charge in [-0.25, -0.2) is 0 Å². The summed E-state index contributed by atoms with van der Waals surface area (Å²) in [6.45, 7) is 3.04. The Morgan fingerprint density at radius 2 is 2.05 bits per heavy atom. The standard InChI is InChI=1S/C17H15BrClNS/c1-2-20-17(11-7-8-15(19)14(18)9-11)13-10-21-16-6-4-3-5-12(13)16/h3-10,17,20H,2H2,1H3. The predicted molar refractivity (Wildman–Crippen MR) is 96.5 cm³/mol. The van der Waals surface area contributed by atoms with Crippen LogP contribution in [0.15, 0.2) is 52.3 Å². The van der Waals surface area contributed by atoms with Gasteiger partial charge in [0.1, 0.15) is 0 Å². The maximum Gasteiger partial charge on any atom is 0.0591 e. The third-order valence-electron chi connectivity index (χ3n) is 3.51. The van der Waals surface area contributed by atoms with Gasteiger partial charge in [-0.3, -0.25) is 0 Å². The van der Waals surface area contributed by atoms with Crippen molar-refractivity contribution in [3.8, 4) is 0 Å². The van der Waals surface area contributed by atoms with Crippen LogP contribution in [0.1, 0.15) is 24.1 Å². The normalized spacial score (nSPS) is 12.7.